The maximum Gasteiger partial charge on any atom is 0.395 e. The number of benzene rings is 1. The number of fused-ring (bicyclic) bond motifs is 4. The zero-order chi connectivity index (χ0) is 29.1. The lowest BCUT2D eigenvalue weighted by atomic mass is 9.70. The van der Waals surface area contributed by atoms with Crippen LogP contribution in [0.5, 0.6) is 6.01 Å². The number of hydrogen-bond acceptors (Lipinski definition) is 7. The molecule has 4 atom stereocenters. The number of hydrogen-bond donors (Lipinski definition) is 0. The molecule has 1 spiro atoms. The van der Waals surface area contributed by atoms with E-state index in [1.54, 1.807) is 18.2 Å². The maximum absolute atomic E-state index is 14.4. The molecule has 2 aromatic rings. The van der Waals surface area contributed by atoms with Gasteiger partial charge in [0.25, 0.3) is 0 Å². The Balaban J connectivity index is 1.25. The van der Waals surface area contributed by atoms with Crippen LogP contribution in [0.3, 0.4) is 0 Å². The molecule has 0 N–H and O–H groups in total. The van der Waals surface area contributed by atoms with Crippen LogP contribution in [0.25, 0.3) is 0 Å². The van der Waals surface area contributed by atoms with E-state index in [0.717, 1.165) is 49.4 Å². The van der Waals surface area contributed by atoms with E-state index in [2.05, 4.69) is 25.7 Å². The first-order valence-electron chi connectivity index (χ1n) is 14.9. The van der Waals surface area contributed by atoms with E-state index in [4.69, 9.17) is 24.2 Å². The summed E-state index contributed by atoms with van der Waals surface area (Å²) in [6.07, 6.45) is -1.55. The van der Waals surface area contributed by atoms with Gasteiger partial charge in [0.15, 0.2) is 0 Å². The van der Waals surface area contributed by atoms with Crippen molar-refractivity contribution in [1.82, 2.24) is 14.9 Å². The Labute approximate surface area is 251 Å². The van der Waals surface area contributed by atoms with E-state index in [1.807, 2.05) is 0 Å². The molecule has 3 fully saturated rings. The fraction of sp³-hybridized carbons (Fsp3) is 0.667. The van der Waals surface area contributed by atoms with Crippen LogP contribution in [0.15, 0.2) is 22.7 Å². The Hall–Kier alpha value is -2.02. The molecule has 42 heavy (non-hydrogen) atoms. The highest BCUT2D eigenvalue weighted by molar-refractivity contribution is 9.10. The second kappa shape index (κ2) is 10.9. The van der Waals surface area contributed by atoms with Crippen molar-refractivity contribution in [2.75, 3.05) is 50.9 Å². The number of nitrogens with zero attached hydrogens (tertiary/aromatic N) is 4. The molecule has 0 bridgehead atoms. The Kier molecular flexibility index (Phi) is 7.42. The second-order valence-corrected chi connectivity index (χ2v) is 13.3. The molecule has 1 aliphatic carbocycles. The lowest BCUT2D eigenvalue weighted by Crippen LogP contribution is -2.44. The minimum atomic E-state index is -4.34. The molecular formula is C30H35BrF4N4O3. The Bertz CT molecular complexity index is 1340. The molecule has 1 aromatic heterocycles. The molecular weight excluding hydrogens is 620 g/mol. The topological polar surface area (TPSA) is 60.0 Å². The van der Waals surface area contributed by atoms with E-state index in [-0.39, 0.29) is 36.6 Å². The van der Waals surface area contributed by atoms with Crippen LogP contribution >= 0.6 is 15.9 Å². The van der Waals surface area contributed by atoms with E-state index >= 15 is 0 Å². The molecule has 7 nitrogen and oxygen atoms in total. The first-order valence-corrected chi connectivity index (χ1v) is 15.7. The van der Waals surface area contributed by atoms with E-state index in [1.165, 1.54) is 0 Å². The van der Waals surface area contributed by atoms with Crippen molar-refractivity contribution < 1.29 is 31.8 Å². The predicted octanol–water partition coefficient (Wildman–Crippen LogP) is 5.83. The van der Waals surface area contributed by atoms with Gasteiger partial charge in [0.05, 0.1) is 36.0 Å². The lowest BCUT2D eigenvalue weighted by Gasteiger charge is -2.45. The maximum atomic E-state index is 14.4. The summed E-state index contributed by atoms with van der Waals surface area (Å²) in [5.74, 6) is -0.808. The van der Waals surface area contributed by atoms with E-state index in [9.17, 15) is 17.6 Å². The summed E-state index contributed by atoms with van der Waals surface area (Å²) in [4.78, 5) is 14.1. The summed E-state index contributed by atoms with van der Waals surface area (Å²) in [6, 6.07) is 5.23. The number of alkyl halides is 4. The molecule has 1 aromatic carbocycles. The average molecular weight is 656 g/mol. The highest BCUT2D eigenvalue weighted by Crippen LogP contribution is 2.53. The van der Waals surface area contributed by atoms with Crippen LogP contribution in [-0.2, 0) is 28.1 Å². The number of aromatic nitrogens is 2. The minimum absolute atomic E-state index is 0.0546. The van der Waals surface area contributed by atoms with Gasteiger partial charge in [-0.25, -0.2) is 4.39 Å². The molecule has 4 aliphatic heterocycles. The number of ether oxygens (including phenoxy) is 3. The summed E-state index contributed by atoms with van der Waals surface area (Å²) in [5.41, 5.74) is 1.11. The van der Waals surface area contributed by atoms with Gasteiger partial charge in [0, 0.05) is 49.1 Å². The molecule has 5 aliphatic rings. The Morgan fingerprint density at radius 2 is 1.98 bits per heavy atom. The van der Waals surface area contributed by atoms with Crippen molar-refractivity contribution in [3.63, 3.8) is 0 Å². The third-order valence-electron chi connectivity index (χ3n) is 9.86. The van der Waals surface area contributed by atoms with Crippen LogP contribution in [0.1, 0.15) is 66.8 Å². The molecule has 5 heterocycles. The van der Waals surface area contributed by atoms with Crippen LogP contribution in [0.4, 0.5) is 23.4 Å². The van der Waals surface area contributed by atoms with E-state index in [0.29, 0.717) is 55.8 Å². The van der Waals surface area contributed by atoms with Crippen LogP contribution in [0.2, 0.25) is 0 Å². The first kappa shape index (κ1) is 28.7. The Morgan fingerprint density at radius 1 is 1.10 bits per heavy atom. The van der Waals surface area contributed by atoms with Gasteiger partial charge in [0.1, 0.15) is 18.6 Å². The largest absolute Gasteiger partial charge is 0.461 e. The van der Waals surface area contributed by atoms with Crippen molar-refractivity contribution in [2.24, 2.45) is 0 Å². The van der Waals surface area contributed by atoms with Gasteiger partial charge in [-0.1, -0.05) is 22.0 Å². The molecule has 1 unspecified atom stereocenters. The van der Waals surface area contributed by atoms with Gasteiger partial charge < -0.3 is 19.1 Å². The van der Waals surface area contributed by atoms with Gasteiger partial charge in [-0.15, -0.1) is 0 Å². The van der Waals surface area contributed by atoms with Gasteiger partial charge in [0.2, 0.25) is 0 Å². The first-order chi connectivity index (χ1) is 20.2. The zero-order valence-electron chi connectivity index (χ0n) is 23.4. The minimum Gasteiger partial charge on any atom is -0.461 e. The van der Waals surface area contributed by atoms with Crippen molar-refractivity contribution in [1.29, 1.82) is 0 Å². The molecule has 0 radical (unpaired) electrons. The summed E-state index contributed by atoms with van der Waals surface area (Å²) in [6.45, 7) is 4.42. The van der Waals surface area contributed by atoms with Crippen LogP contribution in [-0.4, -0.2) is 78.8 Å². The average Bonchev–Trinajstić information content (AvgIpc) is 3.33. The molecule has 7 rings (SSSR count). The quantitative estimate of drug-likeness (QED) is 0.385. The fourth-order valence-corrected chi connectivity index (χ4v) is 8.18. The summed E-state index contributed by atoms with van der Waals surface area (Å²) >= 11 is 3.47. The number of rotatable bonds is 4. The van der Waals surface area contributed by atoms with E-state index < -0.39 is 23.9 Å². The van der Waals surface area contributed by atoms with Gasteiger partial charge >= 0.3 is 12.2 Å². The van der Waals surface area contributed by atoms with Crippen LogP contribution < -0.4 is 9.64 Å². The smallest absolute Gasteiger partial charge is 0.395 e. The number of anilines is 1. The van der Waals surface area contributed by atoms with Crippen molar-refractivity contribution >= 4 is 21.7 Å². The molecule has 228 valence electrons. The predicted molar refractivity (Wildman–Crippen MR) is 151 cm³/mol. The zero-order valence-corrected chi connectivity index (χ0v) is 25.0. The summed E-state index contributed by atoms with van der Waals surface area (Å²) in [7, 11) is 0. The fourth-order valence-electron chi connectivity index (χ4n) is 7.82. The second-order valence-electron chi connectivity index (χ2n) is 12.4. The molecule has 12 heteroatoms. The summed E-state index contributed by atoms with van der Waals surface area (Å²) < 4.78 is 75.9. The lowest BCUT2D eigenvalue weighted by molar-refractivity contribution is -0.165. The normalized spacial score (nSPS) is 31.5. The molecule has 0 amide bonds. The van der Waals surface area contributed by atoms with Crippen molar-refractivity contribution in [2.45, 2.75) is 81.0 Å². The van der Waals surface area contributed by atoms with Crippen molar-refractivity contribution in [3.8, 4) is 6.01 Å². The summed E-state index contributed by atoms with van der Waals surface area (Å²) in [5, 5.41) is 0. The molecule has 3 saturated heterocycles. The SMILES string of the molecule is F[C@H]1CN2CCC[C@@]2(COc2nc3c(c(N4CCCOCC4)n2)COC2(CC[C@H](C(F)(F)F)c4ccc(Br)cc42)C3)C1. The van der Waals surface area contributed by atoms with Gasteiger partial charge in [-0.3, -0.25) is 4.90 Å². The van der Waals surface area contributed by atoms with Gasteiger partial charge in [-0.2, -0.15) is 23.1 Å². The highest BCUT2D eigenvalue weighted by Gasteiger charge is 2.52. The number of halogens is 5. The molecule has 0 saturated carbocycles. The van der Waals surface area contributed by atoms with Crippen LogP contribution in [0, 0.1) is 0 Å². The highest BCUT2D eigenvalue weighted by atomic mass is 79.9. The van der Waals surface area contributed by atoms with Crippen molar-refractivity contribution in [3.05, 3.63) is 45.1 Å². The monoisotopic (exact) mass is 654 g/mol. The third-order valence-corrected chi connectivity index (χ3v) is 10.4. The third kappa shape index (κ3) is 5.09. The van der Waals surface area contributed by atoms with Gasteiger partial charge in [-0.05, 0) is 61.9 Å². The Morgan fingerprint density at radius 3 is 2.83 bits per heavy atom. The standard InChI is InChI=1S/C30H35BrF4N4O3/c31-19-3-4-21-23(30(33,34)35)5-7-29(24(21)13-19)15-25-22(17-42-29)26(38-8-2-11-40-12-10-38)37-27(36-25)41-18-28-6-1-9-39(28)16-20(32)14-28/h3-4,13,20,23H,1-2,5-12,14-18H2/t20-,23+,28+,29?/m1/s1.